The van der Waals surface area contributed by atoms with E-state index in [0.717, 1.165) is 48.6 Å². The van der Waals surface area contributed by atoms with Gasteiger partial charge in [0.25, 0.3) is 0 Å². The molecule has 1 aliphatic rings. The molecule has 3 heteroatoms. The second kappa shape index (κ2) is 7.91. The fourth-order valence-corrected chi connectivity index (χ4v) is 2.71. The average Bonchev–Trinajstić information content (AvgIpc) is 3.04. The van der Waals surface area contributed by atoms with Crippen LogP contribution < -0.4 is 4.74 Å². The molecule has 0 radical (unpaired) electrons. The first-order valence-electron chi connectivity index (χ1n) is 8.61. The number of nitrogens with zero attached hydrogens (tertiary/aromatic N) is 2. The summed E-state index contributed by atoms with van der Waals surface area (Å²) in [5, 5.41) is 8.80. The minimum Gasteiger partial charge on any atom is -0.493 e. The second-order valence-electron chi connectivity index (χ2n) is 6.58. The predicted octanol–water partition coefficient (Wildman–Crippen LogP) is 4.90. The summed E-state index contributed by atoms with van der Waals surface area (Å²) in [6.45, 7) is 5.15. The summed E-state index contributed by atoms with van der Waals surface area (Å²) in [6.07, 6.45) is 2.69. The average molecular weight is 320 g/mol. The van der Waals surface area contributed by atoms with Crippen LogP contribution in [-0.4, -0.2) is 18.0 Å². The van der Waals surface area contributed by atoms with Crippen LogP contribution in [0.25, 0.3) is 0 Å². The molecule has 0 bridgehead atoms. The first kappa shape index (κ1) is 16.4. The van der Waals surface area contributed by atoms with E-state index in [1.165, 1.54) is 5.56 Å². The lowest BCUT2D eigenvalue weighted by Crippen LogP contribution is -2.09. The molecule has 2 aromatic rings. The summed E-state index contributed by atoms with van der Waals surface area (Å²) in [6, 6.07) is 18.5. The molecule has 0 unspecified atom stereocenters. The van der Waals surface area contributed by atoms with Gasteiger partial charge in [-0.15, -0.1) is 0 Å². The van der Waals surface area contributed by atoms with Crippen molar-refractivity contribution in [2.24, 2.45) is 16.1 Å². The molecule has 0 atom stereocenters. The van der Waals surface area contributed by atoms with Crippen LogP contribution in [-0.2, 0) is 6.42 Å². The fourth-order valence-electron chi connectivity index (χ4n) is 2.71. The van der Waals surface area contributed by atoms with E-state index in [9.17, 15) is 0 Å². The fraction of sp³-hybridized carbons (Fsp3) is 0.333. The molecule has 0 aliphatic carbocycles. The van der Waals surface area contributed by atoms with Gasteiger partial charge in [0, 0.05) is 18.4 Å². The van der Waals surface area contributed by atoms with Gasteiger partial charge < -0.3 is 4.74 Å². The van der Waals surface area contributed by atoms with Gasteiger partial charge in [-0.25, -0.2) is 0 Å². The lowest BCUT2D eigenvalue weighted by molar-refractivity contribution is 0.289. The van der Waals surface area contributed by atoms with Crippen LogP contribution in [0.5, 0.6) is 5.75 Å². The van der Waals surface area contributed by atoms with Crippen LogP contribution in [0.4, 0.5) is 0 Å². The highest BCUT2D eigenvalue weighted by Gasteiger charge is 2.18. The van der Waals surface area contributed by atoms with E-state index in [-0.39, 0.29) is 0 Å². The summed E-state index contributed by atoms with van der Waals surface area (Å²) >= 11 is 0. The van der Waals surface area contributed by atoms with E-state index in [1.807, 2.05) is 24.3 Å². The third-order valence-electron chi connectivity index (χ3n) is 4.09. The highest BCUT2D eigenvalue weighted by Crippen LogP contribution is 2.24. The molecule has 2 aromatic carbocycles. The van der Waals surface area contributed by atoms with Crippen molar-refractivity contribution in [2.75, 3.05) is 6.61 Å². The van der Waals surface area contributed by atoms with Crippen molar-refractivity contribution in [3.8, 4) is 5.75 Å². The molecular weight excluding hydrogens is 296 g/mol. The van der Waals surface area contributed by atoms with Gasteiger partial charge in [-0.1, -0.05) is 56.3 Å². The number of para-hydroxylation sites is 1. The van der Waals surface area contributed by atoms with E-state index >= 15 is 0 Å². The van der Waals surface area contributed by atoms with Gasteiger partial charge in [-0.3, -0.25) is 0 Å². The Kier molecular flexibility index (Phi) is 5.42. The first-order chi connectivity index (χ1) is 11.7. The predicted molar refractivity (Wildman–Crippen MR) is 100 cm³/mol. The van der Waals surface area contributed by atoms with E-state index in [1.54, 1.807) is 0 Å². The SMILES string of the molecule is CC(C)CCOc1ccccc1C1=NN=C(Cc2ccccc2)C1. The molecule has 0 saturated heterocycles. The normalized spacial score (nSPS) is 13.8. The first-order valence-corrected chi connectivity index (χ1v) is 8.61. The highest BCUT2D eigenvalue weighted by molar-refractivity contribution is 6.16. The van der Waals surface area contributed by atoms with Crippen molar-refractivity contribution in [2.45, 2.75) is 33.1 Å². The summed E-state index contributed by atoms with van der Waals surface area (Å²) in [4.78, 5) is 0. The van der Waals surface area contributed by atoms with Crippen molar-refractivity contribution in [3.63, 3.8) is 0 Å². The summed E-state index contributed by atoms with van der Waals surface area (Å²) in [7, 11) is 0. The Morgan fingerprint density at radius 1 is 0.958 bits per heavy atom. The van der Waals surface area contributed by atoms with Gasteiger partial charge >= 0.3 is 0 Å². The molecule has 1 heterocycles. The molecule has 3 rings (SSSR count). The molecule has 0 fully saturated rings. The molecule has 1 aliphatic heterocycles. The minimum atomic E-state index is 0.641. The van der Waals surface area contributed by atoms with E-state index in [2.05, 4.69) is 54.4 Å². The molecule has 0 amide bonds. The Labute approximate surface area is 144 Å². The number of hydrogen-bond donors (Lipinski definition) is 0. The van der Waals surface area contributed by atoms with Gasteiger partial charge in [0.05, 0.1) is 18.0 Å². The molecule has 0 saturated carbocycles. The molecule has 24 heavy (non-hydrogen) atoms. The quantitative estimate of drug-likeness (QED) is 0.714. The van der Waals surface area contributed by atoms with Gasteiger partial charge in [0.15, 0.2) is 0 Å². The Bertz CT molecular complexity index is 733. The maximum absolute atomic E-state index is 5.98. The monoisotopic (exact) mass is 320 g/mol. The van der Waals surface area contributed by atoms with E-state index < -0.39 is 0 Å². The summed E-state index contributed by atoms with van der Waals surface area (Å²) < 4.78 is 5.98. The largest absolute Gasteiger partial charge is 0.493 e. The summed E-state index contributed by atoms with van der Waals surface area (Å²) in [5.41, 5.74) is 4.44. The molecule has 0 aromatic heterocycles. The summed E-state index contributed by atoms with van der Waals surface area (Å²) in [5.74, 6) is 1.55. The zero-order valence-electron chi connectivity index (χ0n) is 14.4. The molecule has 124 valence electrons. The molecule has 0 spiro atoms. The van der Waals surface area contributed by atoms with Crippen LogP contribution in [0.3, 0.4) is 0 Å². The van der Waals surface area contributed by atoms with Crippen LogP contribution in [0.2, 0.25) is 0 Å². The van der Waals surface area contributed by atoms with Crippen LogP contribution >= 0.6 is 0 Å². The Morgan fingerprint density at radius 2 is 1.71 bits per heavy atom. The van der Waals surface area contributed by atoms with E-state index in [0.29, 0.717) is 5.92 Å². The smallest absolute Gasteiger partial charge is 0.128 e. The standard InChI is InChI=1S/C21H24N2O/c1-16(2)12-13-24-21-11-7-6-10-19(21)20-15-18(22-23-20)14-17-8-4-3-5-9-17/h3-11,16H,12-15H2,1-2H3. The van der Waals surface area contributed by atoms with Crippen molar-refractivity contribution in [1.82, 2.24) is 0 Å². The highest BCUT2D eigenvalue weighted by atomic mass is 16.5. The lowest BCUT2D eigenvalue weighted by Gasteiger charge is -2.12. The van der Waals surface area contributed by atoms with Gasteiger partial charge in [-0.05, 0) is 30.0 Å². The number of ether oxygens (including phenoxy) is 1. The minimum absolute atomic E-state index is 0.641. The number of rotatable bonds is 7. The Morgan fingerprint density at radius 3 is 2.50 bits per heavy atom. The van der Waals surface area contributed by atoms with E-state index in [4.69, 9.17) is 4.74 Å². The van der Waals surface area contributed by atoms with Crippen molar-refractivity contribution in [3.05, 3.63) is 65.7 Å². The van der Waals surface area contributed by atoms with Crippen LogP contribution in [0.1, 0.15) is 37.8 Å². The Balaban J connectivity index is 1.64. The number of hydrogen-bond acceptors (Lipinski definition) is 3. The van der Waals surface area contributed by atoms with Gasteiger partial charge in [0.1, 0.15) is 5.75 Å². The molecule has 3 nitrogen and oxygen atoms in total. The molecule has 0 N–H and O–H groups in total. The number of benzene rings is 2. The zero-order chi connectivity index (χ0) is 16.8. The van der Waals surface area contributed by atoms with Crippen LogP contribution in [0, 0.1) is 5.92 Å². The maximum atomic E-state index is 5.98. The third-order valence-corrected chi connectivity index (χ3v) is 4.09. The lowest BCUT2D eigenvalue weighted by atomic mass is 10.0. The topological polar surface area (TPSA) is 34.0 Å². The van der Waals surface area contributed by atoms with Crippen molar-refractivity contribution < 1.29 is 4.74 Å². The third kappa shape index (κ3) is 4.31. The molecular formula is C21H24N2O. The van der Waals surface area contributed by atoms with Crippen molar-refractivity contribution in [1.29, 1.82) is 0 Å². The maximum Gasteiger partial charge on any atom is 0.128 e. The van der Waals surface area contributed by atoms with Gasteiger partial charge in [-0.2, -0.15) is 10.2 Å². The van der Waals surface area contributed by atoms with Gasteiger partial charge in [0.2, 0.25) is 0 Å². The zero-order valence-corrected chi connectivity index (χ0v) is 14.4. The van der Waals surface area contributed by atoms with Crippen LogP contribution in [0.15, 0.2) is 64.8 Å². The second-order valence-corrected chi connectivity index (χ2v) is 6.58. The van der Waals surface area contributed by atoms with Crippen molar-refractivity contribution >= 4 is 11.4 Å². The Hall–Kier alpha value is -2.42.